The molecule has 3 rings (SSSR count). The molecule has 1 N–H and O–H groups in total. The summed E-state index contributed by atoms with van der Waals surface area (Å²) in [6, 6.07) is 11.3. The van der Waals surface area contributed by atoms with Gasteiger partial charge >= 0.3 is 0 Å². The van der Waals surface area contributed by atoms with Gasteiger partial charge in [0, 0.05) is 24.5 Å². The summed E-state index contributed by atoms with van der Waals surface area (Å²) in [7, 11) is 3.33. The second-order valence-electron chi connectivity index (χ2n) is 6.77. The van der Waals surface area contributed by atoms with E-state index in [0.29, 0.717) is 22.1 Å². The number of nitrogens with zero attached hydrogens (tertiary/aromatic N) is 3. The third-order valence-electron chi connectivity index (χ3n) is 4.30. The number of aromatic nitrogens is 2. The molecule has 0 spiro atoms. The normalized spacial score (nSPS) is 10.6. The van der Waals surface area contributed by atoms with E-state index in [-0.39, 0.29) is 11.8 Å². The lowest BCUT2D eigenvalue weighted by Gasteiger charge is -2.11. The molecule has 0 saturated heterocycles. The summed E-state index contributed by atoms with van der Waals surface area (Å²) in [5, 5.41) is 3.38. The number of rotatable bonds is 4. The van der Waals surface area contributed by atoms with Crippen molar-refractivity contribution in [1.82, 2.24) is 14.9 Å². The summed E-state index contributed by atoms with van der Waals surface area (Å²) in [6.07, 6.45) is 0. The summed E-state index contributed by atoms with van der Waals surface area (Å²) in [5.74, 6) is -0.494. The Kier molecular flexibility index (Phi) is 5.56. The van der Waals surface area contributed by atoms with Gasteiger partial charge in [0.15, 0.2) is 5.13 Å². The number of benzene rings is 1. The number of thiazole rings is 1. The van der Waals surface area contributed by atoms with E-state index in [1.165, 1.54) is 21.8 Å². The highest BCUT2D eigenvalue weighted by Crippen LogP contribution is 2.30. The monoisotopic (exact) mass is 394 g/mol. The van der Waals surface area contributed by atoms with Gasteiger partial charge in [-0.15, -0.1) is 11.3 Å². The van der Waals surface area contributed by atoms with E-state index in [1.54, 1.807) is 33.2 Å². The Morgan fingerprint density at radius 3 is 2.25 bits per heavy atom. The van der Waals surface area contributed by atoms with Crippen molar-refractivity contribution in [3.05, 3.63) is 63.8 Å². The van der Waals surface area contributed by atoms with E-state index >= 15 is 0 Å². The number of hydrogen-bond acceptors (Lipinski definition) is 5. The second-order valence-corrected chi connectivity index (χ2v) is 7.98. The van der Waals surface area contributed by atoms with Gasteiger partial charge in [0.05, 0.1) is 17.0 Å². The van der Waals surface area contributed by atoms with Crippen LogP contribution in [0.25, 0.3) is 11.3 Å². The minimum atomic E-state index is -0.293. The van der Waals surface area contributed by atoms with Crippen LogP contribution in [0.3, 0.4) is 0 Å². The first-order valence-corrected chi connectivity index (χ1v) is 9.63. The number of pyridine rings is 1. The summed E-state index contributed by atoms with van der Waals surface area (Å²) >= 11 is 1.43. The first-order valence-electron chi connectivity index (χ1n) is 8.81. The van der Waals surface area contributed by atoms with Crippen molar-refractivity contribution in [3.8, 4) is 11.3 Å². The van der Waals surface area contributed by atoms with Crippen LogP contribution in [-0.2, 0) is 0 Å². The molecule has 0 bridgehead atoms. The van der Waals surface area contributed by atoms with Gasteiger partial charge in [-0.1, -0.05) is 29.8 Å². The van der Waals surface area contributed by atoms with Crippen LogP contribution < -0.4 is 5.32 Å². The van der Waals surface area contributed by atoms with Crippen molar-refractivity contribution < 1.29 is 9.59 Å². The maximum absolute atomic E-state index is 12.7. The molecule has 7 heteroatoms. The molecule has 0 atom stereocenters. The molecule has 0 fully saturated rings. The number of aryl methyl sites for hydroxylation is 3. The van der Waals surface area contributed by atoms with Gasteiger partial charge in [-0.05, 0) is 32.9 Å². The number of amides is 2. The van der Waals surface area contributed by atoms with Gasteiger partial charge in [-0.25, -0.2) is 9.97 Å². The fourth-order valence-corrected chi connectivity index (χ4v) is 3.57. The third kappa shape index (κ3) is 4.09. The van der Waals surface area contributed by atoms with Crippen LogP contribution in [0.15, 0.2) is 36.4 Å². The van der Waals surface area contributed by atoms with Gasteiger partial charge < -0.3 is 4.90 Å². The van der Waals surface area contributed by atoms with Crippen LogP contribution >= 0.6 is 11.3 Å². The molecular weight excluding hydrogens is 372 g/mol. The Balaban J connectivity index is 1.81. The standard InChI is InChI=1S/C21H22N4O2S/c1-12-6-8-15(9-7-12)18-14(3)28-21(23-18)24-19(26)16-10-11-17(22-13(16)2)20(27)25(4)5/h6-11H,1-5H3,(H,23,24,26). The number of carbonyl (C=O) groups excluding carboxylic acids is 2. The van der Waals surface area contributed by atoms with Gasteiger partial charge in [-0.3, -0.25) is 14.9 Å². The maximum atomic E-state index is 12.7. The molecule has 0 aliphatic carbocycles. The van der Waals surface area contributed by atoms with E-state index < -0.39 is 0 Å². The molecule has 0 unspecified atom stereocenters. The Bertz CT molecular complexity index is 1040. The minimum absolute atomic E-state index is 0.201. The molecular formula is C21H22N4O2S. The first-order chi connectivity index (χ1) is 13.3. The average Bonchev–Trinajstić information content (AvgIpc) is 3.01. The van der Waals surface area contributed by atoms with Crippen LogP contribution in [0.2, 0.25) is 0 Å². The molecule has 144 valence electrons. The Labute approximate surface area is 168 Å². The molecule has 0 aliphatic heterocycles. The summed E-state index contributed by atoms with van der Waals surface area (Å²) < 4.78 is 0. The van der Waals surface area contributed by atoms with Gasteiger partial charge in [-0.2, -0.15) is 0 Å². The van der Waals surface area contributed by atoms with Crippen LogP contribution in [0, 0.1) is 20.8 Å². The Morgan fingerprint density at radius 1 is 0.964 bits per heavy atom. The molecule has 2 aromatic heterocycles. The lowest BCUT2D eigenvalue weighted by molar-refractivity contribution is 0.0821. The summed E-state index contributed by atoms with van der Waals surface area (Å²) in [5.41, 5.74) is 4.29. The molecule has 1 aromatic carbocycles. The number of carbonyl (C=O) groups is 2. The third-order valence-corrected chi connectivity index (χ3v) is 5.18. The van der Waals surface area contributed by atoms with Crippen molar-refractivity contribution in [2.24, 2.45) is 0 Å². The fraction of sp³-hybridized carbons (Fsp3) is 0.238. The zero-order valence-electron chi connectivity index (χ0n) is 16.5. The van der Waals surface area contributed by atoms with Crippen LogP contribution in [0.5, 0.6) is 0 Å². The number of nitrogens with one attached hydrogen (secondary N) is 1. The van der Waals surface area contributed by atoms with Crippen molar-refractivity contribution in [3.63, 3.8) is 0 Å². The van der Waals surface area contributed by atoms with E-state index in [0.717, 1.165) is 16.1 Å². The van der Waals surface area contributed by atoms with Crippen molar-refractivity contribution in [2.45, 2.75) is 20.8 Å². The number of anilines is 1. The van der Waals surface area contributed by atoms with Gasteiger partial charge in [0.25, 0.3) is 11.8 Å². The highest BCUT2D eigenvalue weighted by Gasteiger charge is 2.17. The summed E-state index contributed by atoms with van der Waals surface area (Å²) in [6.45, 7) is 5.74. The average molecular weight is 395 g/mol. The highest BCUT2D eigenvalue weighted by molar-refractivity contribution is 7.16. The molecule has 0 radical (unpaired) electrons. The van der Waals surface area contributed by atoms with E-state index in [2.05, 4.69) is 15.3 Å². The fourth-order valence-electron chi connectivity index (χ4n) is 2.74. The van der Waals surface area contributed by atoms with Crippen molar-refractivity contribution in [1.29, 1.82) is 0 Å². The Morgan fingerprint density at radius 2 is 1.64 bits per heavy atom. The van der Waals surface area contributed by atoms with Crippen molar-refractivity contribution >= 4 is 28.3 Å². The second kappa shape index (κ2) is 7.90. The lowest BCUT2D eigenvalue weighted by atomic mass is 10.1. The topological polar surface area (TPSA) is 75.2 Å². The zero-order valence-corrected chi connectivity index (χ0v) is 17.3. The molecule has 2 heterocycles. The first kappa shape index (κ1) is 19.7. The Hall–Kier alpha value is -3.06. The molecule has 2 amide bonds. The molecule has 0 saturated carbocycles. The van der Waals surface area contributed by atoms with Crippen LogP contribution in [-0.4, -0.2) is 40.8 Å². The molecule has 28 heavy (non-hydrogen) atoms. The molecule has 3 aromatic rings. The lowest BCUT2D eigenvalue weighted by Crippen LogP contribution is -2.23. The SMILES string of the molecule is Cc1ccc(-c2nc(NC(=O)c3ccc(C(=O)N(C)C)nc3C)sc2C)cc1. The predicted octanol–water partition coefficient (Wildman–Crippen LogP) is 4.08. The van der Waals surface area contributed by atoms with E-state index in [9.17, 15) is 9.59 Å². The minimum Gasteiger partial charge on any atom is -0.343 e. The molecule has 6 nitrogen and oxygen atoms in total. The zero-order chi connectivity index (χ0) is 20.4. The predicted molar refractivity (Wildman–Crippen MR) is 112 cm³/mol. The van der Waals surface area contributed by atoms with Gasteiger partial charge in [0.1, 0.15) is 5.69 Å². The van der Waals surface area contributed by atoms with Gasteiger partial charge in [0.2, 0.25) is 0 Å². The number of hydrogen-bond donors (Lipinski definition) is 1. The quantitative estimate of drug-likeness (QED) is 0.723. The molecule has 0 aliphatic rings. The highest BCUT2D eigenvalue weighted by atomic mass is 32.1. The summed E-state index contributed by atoms with van der Waals surface area (Å²) in [4.78, 5) is 36.0. The van der Waals surface area contributed by atoms with E-state index in [4.69, 9.17) is 0 Å². The smallest absolute Gasteiger partial charge is 0.271 e. The van der Waals surface area contributed by atoms with Crippen LogP contribution in [0.4, 0.5) is 5.13 Å². The largest absolute Gasteiger partial charge is 0.343 e. The van der Waals surface area contributed by atoms with Crippen LogP contribution in [0.1, 0.15) is 37.0 Å². The van der Waals surface area contributed by atoms with E-state index in [1.807, 2.05) is 38.1 Å². The van der Waals surface area contributed by atoms with Crippen molar-refractivity contribution in [2.75, 3.05) is 19.4 Å². The maximum Gasteiger partial charge on any atom is 0.271 e.